The standard InChI is InChI=1S/C20H22N4O5S/c1-11-9-21-18-16(19(26)24(3)20(27)23(18)2)17(11)30-10-15(25)22-13-8-12(28-4)6-7-14(13)29-5/h6-9H,10H2,1-5H3,(H,22,25). The van der Waals surface area contributed by atoms with Gasteiger partial charge in [-0.25, -0.2) is 9.78 Å². The number of aromatic nitrogens is 3. The number of rotatable bonds is 6. The summed E-state index contributed by atoms with van der Waals surface area (Å²) in [6, 6.07) is 5.10. The monoisotopic (exact) mass is 430 g/mol. The number of benzene rings is 1. The molecule has 0 unspecified atom stereocenters. The minimum absolute atomic E-state index is 0.0479. The lowest BCUT2D eigenvalue weighted by Gasteiger charge is -2.13. The van der Waals surface area contributed by atoms with Crippen molar-refractivity contribution in [3.8, 4) is 11.5 Å². The summed E-state index contributed by atoms with van der Waals surface area (Å²) in [6.07, 6.45) is 1.59. The first kappa shape index (κ1) is 21.4. The van der Waals surface area contributed by atoms with E-state index in [-0.39, 0.29) is 17.3 Å². The number of carbonyl (C=O) groups excluding carboxylic acids is 1. The van der Waals surface area contributed by atoms with E-state index >= 15 is 0 Å². The largest absolute Gasteiger partial charge is 0.497 e. The maximum absolute atomic E-state index is 12.7. The SMILES string of the molecule is COc1ccc(OC)c(NC(=O)CSc2c(C)cnc3c2c(=O)n(C)c(=O)n3C)c1. The maximum Gasteiger partial charge on any atom is 0.332 e. The van der Waals surface area contributed by atoms with Gasteiger partial charge < -0.3 is 14.8 Å². The predicted molar refractivity (Wildman–Crippen MR) is 116 cm³/mol. The molecular formula is C20H22N4O5S. The van der Waals surface area contributed by atoms with Crippen LogP contribution in [-0.4, -0.2) is 40.0 Å². The third kappa shape index (κ3) is 3.90. The van der Waals surface area contributed by atoms with Gasteiger partial charge in [-0.1, -0.05) is 0 Å². The van der Waals surface area contributed by atoms with E-state index in [0.29, 0.717) is 27.5 Å². The highest BCUT2D eigenvalue weighted by Gasteiger charge is 2.17. The number of anilines is 1. The van der Waals surface area contributed by atoms with E-state index < -0.39 is 11.2 Å². The Kier molecular flexibility index (Phi) is 6.16. The predicted octanol–water partition coefficient (Wildman–Crippen LogP) is 1.69. The van der Waals surface area contributed by atoms with Gasteiger partial charge in [0.25, 0.3) is 5.56 Å². The smallest absolute Gasteiger partial charge is 0.332 e. The summed E-state index contributed by atoms with van der Waals surface area (Å²) in [5.41, 5.74) is 0.613. The van der Waals surface area contributed by atoms with Crippen molar-refractivity contribution in [1.82, 2.24) is 14.1 Å². The average molecular weight is 430 g/mol. The first-order valence-corrected chi connectivity index (χ1v) is 9.97. The normalized spacial score (nSPS) is 10.8. The number of carbonyl (C=O) groups is 1. The van der Waals surface area contributed by atoms with Crippen molar-refractivity contribution >= 4 is 34.4 Å². The van der Waals surface area contributed by atoms with Crippen molar-refractivity contribution in [2.24, 2.45) is 14.1 Å². The Hall–Kier alpha value is -3.27. The molecule has 0 aliphatic heterocycles. The zero-order chi connectivity index (χ0) is 22.0. The first-order valence-electron chi connectivity index (χ1n) is 8.98. The molecule has 9 nitrogen and oxygen atoms in total. The summed E-state index contributed by atoms with van der Waals surface area (Å²) in [6.45, 7) is 1.81. The van der Waals surface area contributed by atoms with Crippen LogP contribution in [0, 0.1) is 6.92 Å². The number of fused-ring (bicyclic) bond motifs is 1. The average Bonchev–Trinajstić information content (AvgIpc) is 2.74. The molecule has 0 aliphatic rings. The van der Waals surface area contributed by atoms with Gasteiger partial charge in [-0.05, 0) is 24.6 Å². The van der Waals surface area contributed by atoms with E-state index in [1.807, 2.05) is 6.92 Å². The number of ether oxygens (including phenoxy) is 2. The molecule has 158 valence electrons. The van der Waals surface area contributed by atoms with E-state index in [2.05, 4.69) is 10.3 Å². The molecule has 3 aromatic rings. The fourth-order valence-electron chi connectivity index (χ4n) is 3.02. The summed E-state index contributed by atoms with van der Waals surface area (Å²) in [7, 11) is 6.03. The van der Waals surface area contributed by atoms with Gasteiger partial charge in [0.15, 0.2) is 0 Å². The van der Waals surface area contributed by atoms with Crippen molar-refractivity contribution < 1.29 is 14.3 Å². The molecule has 1 amide bonds. The number of amides is 1. The van der Waals surface area contributed by atoms with Gasteiger partial charge in [0.05, 0.1) is 31.0 Å². The van der Waals surface area contributed by atoms with Gasteiger partial charge in [-0.3, -0.25) is 18.7 Å². The zero-order valence-electron chi connectivity index (χ0n) is 17.3. The van der Waals surface area contributed by atoms with E-state index in [1.165, 1.54) is 37.6 Å². The van der Waals surface area contributed by atoms with Crippen LogP contribution in [0.1, 0.15) is 5.56 Å². The zero-order valence-corrected chi connectivity index (χ0v) is 18.1. The van der Waals surface area contributed by atoms with E-state index in [4.69, 9.17) is 9.47 Å². The minimum Gasteiger partial charge on any atom is -0.497 e. The Morgan fingerprint density at radius 2 is 1.90 bits per heavy atom. The molecule has 0 spiro atoms. The van der Waals surface area contributed by atoms with Crippen molar-refractivity contribution in [3.63, 3.8) is 0 Å². The second kappa shape index (κ2) is 8.62. The van der Waals surface area contributed by atoms with Gasteiger partial charge in [-0.15, -0.1) is 11.8 Å². The molecule has 0 atom stereocenters. The van der Waals surface area contributed by atoms with Crippen molar-refractivity contribution in [2.45, 2.75) is 11.8 Å². The molecule has 2 aromatic heterocycles. The number of hydrogen-bond donors (Lipinski definition) is 1. The van der Waals surface area contributed by atoms with E-state index in [9.17, 15) is 14.4 Å². The Labute approximate surface area is 176 Å². The molecule has 0 saturated heterocycles. The lowest BCUT2D eigenvalue weighted by atomic mass is 10.2. The van der Waals surface area contributed by atoms with E-state index in [1.54, 1.807) is 31.4 Å². The Morgan fingerprint density at radius 1 is 1.17 bits per heavy atom. The molecule has 0 saturated carbocycles. The summed E-state index contributed by atoms with van der Waals surface area (Å²) in [4.78, 5) is 42.4. The lowest BCUT2D eigenvalue weighted by molar-refractivity contribution is -0.113. The Morgan fingerprint density at radius 3 is 2.57 bits per heavy atom. The number of pyridine rings is 1. The van der Waals surface area contributed by atoms with Crippen LogP contribution in [0.5, 0.6) is 11.5 Å². The summed E-state index contributed by atoms with van der Waals surface area (Å²) >= 11 is 1.21. The maximum atomic E-state index is 12.7. The van der Waals surface area contributed by atoms with Crippen LogP contribution < -0.4 is 26.0 Å². The van der Waals surface area contributed by atoms with Crippen LogP contribution in [0.4, 0.5) is 5.69 Å². The molecular weight excluding hydrogens is 408 g/mol. The topological polar surface area (TPSA) is 104 Å². The van der Waals surface area contributed by atoms with Crippen molar-refractivity contribution in [3.05, 3.63) is 50.8 Å². The van der Waals surface area contributed by atoms with Crippen LogP contribution >= 0.6 is 11.8 Å². The second-order valence-electron chi connectivity index (χ2n) is 6.58. The van der Waals surface area contributed by atoms with Crippen LogP contribution in [0.25, 0.3) is 11.0 Å². The molecule has 3 rings (SSSR count). The van der Waals surface area contributed by atoms with Gasteiger partial charge in [0.1, 0.15) is 17.1 Å². The van der Waals surface area contributed by atoms with E-state index in [0.717, 1.165) is 10.1 Å². The van der Waals surface area contributed by atoms with Gasteiger partial charge in [-0.2, -0.15) is 0 Å². The third-order valence-electron chi connectivity index (χ3n) is 4.63. The first-order chi connectivity index (χ1) is 14.3. The number of hydrogen-bond acceptors (Lipinski definition) is 7. The minimum atomic E-state index is -0.456. The summed E-state index contributed by atoms with van der Waals surface area (Å²) < 4.78 is 12.8. The quantitative estimate of drug-likeness (QED) is 0.594. The van der Waals surface area contributed by atoms with Gasteiger partial charge in [0.2, 0.25) is 5.91 Å². The fourth-order valence-corrected chi connectivity index (χ4v) is 3.97. The fraction of sp³-hybridized carbons (Fsp3) is 0.300. The summed E-state index contributed by atoms with van der Waals surface area (Å²) in [5.74, 6) is 0.854. The van der Waals surface area contributed by atoms with Crippen LogP contribution in [0.15, 0.2) is 38.9 Å². The number of aryl methyl sites for hydroxylation is 2. The van der Waals surface area contributed by atoms with Gasteiger partial charge >= 0.3 is 5.69 Å². The van der Waals surface area contributed by atoms with Gasteiger partial charge in [0, 0.05) is 31.3 Å². The molecule has 10 heteroatoms. The summed E-state index contributed by atoms with van der Waals surface area (Å²) in [5, 5.41) is 3.12. The van der Waals surface area contributed by atoms with Crippen LogP contribution in [-0.2, 0) is 18.9 Å². The number of nitrogens with zero attached hydrogens (tertiary/aromatic N) is 3. The molecule has 0 aliphatic carbocycles. The van der Waals surface area contributed by atoms with Crippen molar-refractivity contribution in [1.29, 1.82) is 0 Å². The molecule has 0 bridgehead atoms. The highest BCUT2D eigenvalue weighted by molar-refractivity contribution is 8.00. The van der Waals surface area contributed by atoms with Crippen LogP contribution in [0.3, 0.4) is 0 Å². The molecule has 0 radical (unpaired) electrons. The third-order valence-corrected chi connectivity index (χ3v) is 5.85. The highest BCUT2D eigenvalue weighted by atomic mass is 32.2. The molecule has 30 heavy (non-hydrogen) atoms. The highest BCUT2D eigenvalue weighted by Crippen LogP contribution is 2.30. The Bertz CT molecular complexity index is 1250. The second-order valence-corrected chi connectivity index (χ2v) is 7.56. The molecule has 0 fully saturated rings. The molecule has 1 aromatic carbocycles. The van der Waals surface area contributed by atoms with Crippen molar-refractivity contribution in [2.75, 3.05) is 25.3 Å². The number of thioether (sulfide) groups is 1. The number of methoxy groups -OCH3 is 2. The van der Waals surface area contributed by atoms with Crippen LogP contribution in [0.2, 0.25) is 0 Å². The molecule has 1 N–H and O–H groups in total. The Balaban J connectivity index is 1.91. The molecule has 2 heterocycles. The number of nitrogens with one attached hydrogen (secondary N) is 1. The lowest BCUT2D eigenvalue weighted by Crippen LogP contribution is -2.37.